The first-order chi connectivity index (χ1) is 11.2. The topological polar surface area (TPSA) is 43.9 Å². The zero-order chi connectivity index (χ0) is 15.8. The first-order valence-electron chi connectivity index (χ1n) is 8.25. The fraction of sp³-hybridized carbons (Fsp3) is 0.444. The van der Waals surface area contributed by atoms with E-state index >= 15 is 0 Å². The summed E-state index contributed by atoms with van der Waals surface area (Å²) in [5.41, 5.74) is 4.22. The minimum absolute atomic E-state index is 0.613. The Bertz CT molecular complexity index is 797. The molecule has 1 fully saturated rings. The van der Waals surface area contributed by atoms with Crippen LogP contribution in [-0.2, 0) is 5.75 Å². The molecular weight excluding hydrogens is 306 g/mol. The summed E-state index contributed by atoms with van der Waals surface area (Å²) in [6, 6.07) is 8.53. The number of imidazole rings is 1. The van der Waals surface area contributed by atoms with Crippen LogP contribution in [0.4, 0.5) is 0 Å². The van der Waals surface area contributed by atoms with Gasteiger partial charge in [0.25, 0.3) is 0 Å². The summed E-state index contributed by atoms with van der Waals surface area (Å²) < 4.78 is 8.26. The molecule has 1 aliphatic rings. The zero-order valence-electron chi connectivity index (χ0n) is 13.6. The molecule has 0 atom stereocenters. The maximum absolute atomic E-state index is 5.82. The van der Waals surface area contributed by atoms with Crippen LogP contribution in [0.1, 0.15) is 49.0 Å². The van der Waals surface area contributed by atoms with Gasteiger partial charge in [0.05, 0.1) is 11.4 Å². The largest absolute Gasteiger partial charge is 0.440 e. The van der Waals surface area contributed by atoms with Crippen molar-refractivity contribution in [1.29, 1.82) is 0 Å². The van der Waals surface area contributed by atoms with Crippen molar-refractivity contribution in [2.75, 3.05) is 0 Å². The molecular formula is C18H21N3OS. The van der Waals surface area contributed by atoms with Crippen LogP contribution in [0.3, 0.4) is 0 Å². The maximum Gasteiger partial charge on any atom is 0.205 e. The third-order valence-electron chi connectivity index (χ3n) is 4.71. The number of fused-ring (bicyclic) bond motifs is 1. The number of aryl methyl sites for hydroxylation is 1. The first kappa shape index (κ1) is 14.8. The Kier molecular flexibility index (Phi) is 3.89. The van der Waals surface area contributed by atoms with Crippen molar-refractivity contribution in [3.05, 3.63) is 41.5 Å². The second kappa shape index (κ2) is 6.04. The van der Waals surface area contributed by atoms with E-state index in [9.17, 15) is 0 Å². The van der Waals surface area contributed by atoms with Crippen molar-refractivity contribution in [3.63, 3.8) is 0 Å². The van der Waals surface area contributed by atoms with E-state index in [4.69, 9.17) is 9.40 Å². The molecule has 0 unspecified atom stereocenters. The van der Waals surface area contributed by atoms with Crippen molar-refractivity contribution in [1.82, 2.24) is 14.5 Å². The van der Waals surface area contributed by atoms with E-state index in [1.807, 2.05) is 24.3 Å². The molecule has 120 valence electrons. The lowest BCUT2D eigenvalue weighted by atomic mass is 10.2. The summed E-state index contributed by atoms with van der Waals surface area (Å²) >= 11 is 1.73. The molecule has 0 saturated heterocycles. The van der Waals surface area contributed by atoms with Gasteiger partial charge in [0.2, 0.25) is 5.89 Å². The maximum atomic E-state index is 5.82. The predicted molar refractivity (Wildman–Crippen MR) is 92.8 cm³/mol. The van der Waals surface area contributed by atoms with E-state index in [2.05, 4.69) is 23.4 Å². The number of para-hydroxylation sites is 2. The number of hydrogen-bond acceptors (Lipinski definition) is 4. The molecule has 2 heterocycles. The molecule has 1 aliphatic carbocycles. The highest BCUT2D eigenvalue weighted by Gasteiger charge is 2.23. The van der Waals surface area contributed by atoms with Gasteiger partial charge in [0.15, 0.2) is 10.7 Å². The van der Waals surface area contributed by atoms with Gasteiger partial charge in [0, 0.05) is 11.7 Å². The van der Waals surface area contributed by atoms with Gasteiger partial charge in [-0.1, -0.05) is 36.7 Å². The minimum atomic E-state index is 0.613. The monoisotopic (exact) mass is 327 g/mol. The van der Waals surface area contributed by atoms with Crippen molar-refractivity contribution in [2.45, 2.75) is 56.5 Å². The Hall–Kier alpha value is -1.75. The average molecular weight is 327 g/mol. The van der Waals surface area contributed by atoms with Crippen LogP contribution in [-0.4, -0.2) is 14.5 Å². The molecule has 0 amide bonds. The number of aromatic nitrogens is 3. The normalized spacial score (nSPS) is 15.7. The van der Waals surface area contributed by atoms with E-state index < -0.39 is 0 Å². The molecule has 3 aromatic rings. The molecule has 0 spiro atoms. The number of hydrogen-bond donors (Lipinski definition) is 0. The van der Waals surface area contributed by atoms with E-state index in [0.29, 0.717) is 6.04 Å². The van der Waals surface area contributed by atoms with Crippen LogP contribution in [0, 0.1) is 13.8 Å². The van der Waals surface area contributed by atoms with Gasteiger partial charge in [-0.3, -0.25) is 0 Å². The molecule has 5 heteroatoms. The lowest BCUT2D eigenvalue weighted by Gasteiger charge is -2.16. The van der Waals surface area contributed by atoms with Crippen LogP contribution in [0.25, 0.3) is 11.1 Å². The predicted octanol–water partition coefficient (Wildman–Crippen LogP) is 5.05. The standard InChI is InChI=1S/C18H21N3OS/c1-12-13(2)21(14-7-3-4-8-14)18(19-12)23-11-17-20-15-9-5-6-10-16(15)22-17/h5-6,9-10,14H,3-4,7-8,11H2,1-2H3. The van der Waals surface area contributed by atoms with Crippen molar-refractivity contribution in [3.8, 4) is 0 Å². The second-order valence-electron chi connectivity index (χ2n) is 6.24. The van der Waals surface area contributed by atoms with Gasteiger partial charge in [-0.2, -0.15) is 0 Å². The number of nitrogens with zero attached hydrogens (tertiary/aromatic N) is 3. The van der Waals surface area contributed by atoms with Gasteiger partial charge in [0.1, 0.15) is 5.52 Å². The highest BCUT2D eigenvalue weighted by Crippen LogP contribution is 2.36. The minimum Gasteiger partial charge on any atom is -0.440 e. The molecule has 1 aromatic carbocycles. The van der Waals surface area contributed by atoms with Gasteiger partial charge in [-0.15, -0.1) is 0 Å². The fourth-order valence-corrected chi connectivity index (χ4v) is 4.40. The van der Waals surface area contributed by atoms with Crippen molar-refractivity contribution in [2.24, 2.45) is 0 Å². The Morgan fingerprint density at radius 2 is 1.96 bits per heavy atom. The van der Waals surface area contributed by atoms with E-state index in [0.717, 1.165) is 33.6 Å². The van der Waals surface area contributed by atoms with E-state index in [-0.39, 0.29) is 0 Å². The molecule has 0 N–H and O–H groups in total. The molecule has 23 heavy (non-hydrogen) atoms. The molecule has 0 bridgehead atoms. The van der Waals surface area contributed by atoms with Crippen molar-refractivity contribution >= 4 is 22.9 Å². The van der Waals surface area contributed by atoms with E-state index in [1.54, 1.807) is 11.8 Å². The number of rotatable bonds is 4. The smallest absolute Gasteiger partial charge is 0.205 e. The third kappa shape index (κ3) is 2.78. The highest BCUT2D eigenvalue weighted by atomic mass is 32.2. The van der Waals surface area contributed by atoms with Gasteiger partial charge in [-0.05, 0) is 38.8 Å². The summed E-state index contributed by atoms with van der Waals surface area (Å²) in [6.45, 7) is 4.29. The number of thioether (sulfide) groups is 1. The summed E-state index contributed by atoms with van der Waals surface area (Å²) in [7, 11) is 0. The molecule has 2 aromatic heterocycles. The number of benzene rings is 1. The fourth-order valence-electron chi connectivity index (χ4n) is 3.40. The highest BCUT2D eigenvalue weighted by molar-refractivity contribution is 7.98. The Morgan fingerprint density at radius 3 is 2.74 bits per heavy atom. The van der Waals surface area contributed by atoms with Crippen LogP contribution in [0.15, 0.2) is 33.8 Å². The quantitative estimate of drug-likeness (QED) is 0.629. The summed E-state index contributed by atoms with van der Waals surface area (Å²) in [5.74, 6) is 1.49. The van der Waals surface area contributed by atoms with Crippen LogP contribution in [0.2, 0.25) is 0 Å². The van der Waals surface area contributed by atoms with Crippen LogP contribution in [0.5, 0.6) is 0 Å². The Balaban J connectivity index is 1.57. The lowest BCUT2D eigenvalue weighted by Crippen LogP contribution is -2.08. The third-order valence-corrected chi connectivity index (χ3v) is 5.64. The summed E-state index contributed by atoms with van der Waals surface area (Å²) in [4.78, 5) is 9.34. The summed E-state index contributed by atoms with van der Waals surface area (Å²) in [5, 5.41) is 1.11. The molecule has 0 radical (unpaired) electrons. The van der Waals surface area contributed by atoms with E-state index in [1.165, 1.54) is 31.4 Å². The molecule has 4 rings (SSSR count). The number of oxazole rings is 1. The van der Waals surface area contributed by atoms with Crippen LogP contribution >= 0.6 is 11.8 Å². The zero-order valence-corrected chi connectivity index (χ0v) is 14.4. The van der Waals surface area contributed by atoms with Gasteiger partial charge < -0.3 is 8.98 Å². The second-order valence-corrected chi connectivity index (χ2v) is 7.18. The average Bonchev–Trinajstić information content (AvgIpc) is 3.25. The SMILES string of the molecule is Cc1nc(SCc2nc3ccccc3o2)n(C2CCCC2)c1C. The van der Waals surface area contributed by atoms with Crippen LogP contribution < -0.4 is 0 Å². The summed E-state index contributed by atoms with van der Waals surface area (Å²) in [6.07, 6.45) is 5.20. The lowest BCUT2D eigenvalue weighted by molar-refractivity contribution is 0.470. The molecule has 4 nitrogen and oxygen atoms in total. The van der Waals surface area contributed by atoms with Gasteiger partial charge in [-0.25, -0.2) is 9.97 Å². The van der Waals surface area contributed by atoms with Gasteiger partial charge >= 0.3 is 0 Å². The van der Waals surface area contributed by atoms with Crippen molar-refractivity contribution < 1.29 is 4.42 Å². The first-order valence-corrected chi connectivity index (χ1v) is 9.23. The Morgan fingerprint density at radius 1 is 1.17 bits per heavy atom. The molecule has 0 aliphatic heterocycles. The molecule has 1 saturated carbocycles. The Labute approximate surface area is 140 Å².